The van der Waals surface area contributed by atoms with E-state index < -0.39 is 36.1 Å². The van der Waals surface area contributed by atoms with Crippen LogP contribution in [0, 0.1) is 0 Å². The first-order chi connectivity index (χ1) is 23.9. The molecule has 2 amide bonds. The van der Waals surface area contributed by atoms with E-state index in [-0.39, 0.29) is 44.6 Å². The average Bonchev–Trinajstić information content (AvgIpc) is 3.80. The molecule has 1 aliphatic carbocycles. The Kier molecular flexibility index (Phi) is 10.8. The maximum atomic E-state index is 14.1. The number of nitrogens with zero attached hydrogens (tertiary/aromatic N) is 1. The van der Waals surface area contributed by atoms with Crippen LogP contribution in [0.5, 0.6) is 0 Å². The number of likely N-dealkylation sites (tertiary alicyclic amines) is 1. The molecule has 4 unspecified atom stereocenters. The number of fused-ring (bicyclic) bond motifs is 1. The molecule has 0 bridgehead atoms. The van der Waals surface area contributed by atoms with Crippen molar-refractivity contribution in [3.8, 4) is 0 Å². The minimum atomic E-state index is -1.34. The van der Waals surface area contributed by atoms with Gasteiger partial charge in [0.1, 0.15) is 31.0 Å². The third-order valence-electron chi connectivity index (χ3n) is 8.86. The quantitative estimate of drug-likeness (QED) is 0.151. The zero-order valence-corrected chi connectivity index (χ0v) is 27.0. The van der Waals surface area contributed by atoms with Crippen LogP contribution in [0.3, 0.4) is 0 Å². The predicted octanol–water partition coefficient (Wildman–Crippen LogP) is 3.31. The Morgan fingerprint density at radius 1 is 0.918 bits per heavy atom. The highest BCUT2D eigenvalue weighted by molar-refractivity contribution is 5.98. The van der Waals surface area contributed by atoms with Gasteiger partial charge in [0.25, 0.3) is 0 Å². The van der Waals surface area contributed by atoms with Gasteiger partial charge in [-0.3, -0.25) is 9.59 Å². The summed E-state index contributed by atoms with van der Waals surface area (Å²) in [5, 5.41) is 20.8. The number of aliphatic hydroxyl groups is 2. The van der Waals surface area contributed by atoms with Crippen LogP contribution in [0.4, 0.5) is 0 Å². The summed E-state index contributed by atoms with van der Waals surface area (Å²) in [5.41, 5.74) is 2.95. The topological polar surface area (TPSA) is 144 Å². The van der Waals surface area contributed by atoms with Crippen molar-refractivity contribution in [2.45, 2.75) is 49.4 Å². The Morgan fingerprint density at radius 2 is 1.61 bits per heavy atom. The molecule has 2 saturated heterocycles. The molecule has 3 aliphatic rings. The van der Waals surface area contributed by atoms with Gasteiger partial charge in [-0.15, -0.1) is 0 Å². The van der Waals surface area contributed by atoms with E-state index in [1.165, 1.54) is 6.26 Å². The fourth-order valence-electron chi connectivity index (χ4n) is 6.53. The van der Waals surface area contributed by atoms with Crippen LogP contribution in [0.1, 0.15) is 46.3 Å². The number of carbonyl (C=O) groups excluding carboxylic acids is 3. The Morgan fingerprint density at radius 3 is 2.27 bits per heavy atom. The minimum Gasteiger partial charge on any atom is -0.499 e. The molecule has 3 aromatic rings. The summed E-state index contributed by atoms with van der Waals surface area (Å²) in [6.45, 7) is 0.385. The fraction of sp³-hybridized carbons (Fsp3) is 0.342. The maximum absolute atomic E-state index is 14.1. The van der Waals surface area contributed by atoms with Gasteiger partial charge in [0, 0.05) is 36.2 Å². The molecule has 3 N–H and O–H groups in total. The molecule has 256 valence electrons. The zero-order chi connectivity index (χ0) is 34.2. The summed E-state index contributed by atoms with van der Waals surface area (Å²) in [5.74, 6) is -2.58. The fourth-order valence-corrected chi connectivity index (χ4v) is 6.53. The van der Waals surface area contributed by atoms with Crippen LogP contribution in [-0.2, 0) is 34.3 Å². The number of esters is 1. The van der Waals surface area contributed by atoms with E-state index in [9.17, 15) is 19.5 Å². The van der Waals surface area contributed by atoms with E-state index in [1.54, 1.807) is 41.3 Å². The van der Waals surface area contributed by atoms with Gasteiger partial charge in [-0.2, -0.15) is 0 Å². The maximum Gasteiger partial charge on any atom is 0.338 e. The van der Waals surface area contributed by atoms with Crippen LogP contribution in [-0.4, -0.2) is 90.2 Å². The molecule has 2 aliphatic heterocycles. The van der Waals surface area contributed by atoms with E-state index >= 15 is 0 Å². The molecule has 0 radical (unpaired) electrons. The first-order valence-electron chi connectivity index (χ1n) is 16.5. The van der Waals surface area contributed by atoms with Gasteiger partial charge < -0.3 is 39.4 Å². The molecule has 0 spiro atoms. The summed E-state index contributed by atoms with van der Waals surface area (Å²) in [6.07, 6.45) is 3.73. The van der Waals surface area contributed by atoms with Gasteiger partial charge in [-0.05, 0) is 42.7 Å². The molecule has 0 aromatic heterocycles. The molecule has 6 rings (SSSR count). The van der Waals surface area contributed by atoms with Crippen LogP contribution in [0.2, 0.25) is 0 Å². The van der Waals surface area contributed by atoms with E-state index in [2.05, 4.69) is 5.32 Å². The Labute approximate surface area is 284 Å². The standard InChI is InChI=1S/C38H40N2O9/c41-20-18-39-35(43)31-12-7-19-40(31)36(44)28-24-32(47-37(45)27-15-13-26(14-16-27)17-22-46-23-21-42)34-33(25-28)48-38(49-34,29-8-3-1-4-9-29)30-10-5-2-6-11-30/h1-6,8-11,13-17,22,25,31-34,41-42H,7,12,18-21,23-24H2,(H,39,43). The van der Waals surface area contributed by atoms with Crippen molar-refractivity contribution in [1.29, 1.82) is 0 Å². The Hall–Kier alpha value is -4.81. The predicted molar refractivity (Wildman–Crippen MR) is 179 cm³/mol. The van der Waals surface area contributed by atoms with Crippen molar-refractivity contribution >= 4 is 23.9 Å². The van der Waals surface area contributed by atoms with Crippen molar-refractivity contribution in [2.24, 2.45) is 0 Å². The van der Waals surface area contributed by atoms with Crippen molar-refractivity contribution < 1.29 is 43.5 Å². The second-order valence-electron chi connectivity index (χ2n) is 12.0. The number of aliphatic hydroxyl groups excluding tert-OH is 2. The smallest absolute Gasteiger partial charge is 0.338 e. The van der Waals surface area contributed by atoms with E-state index in [1.807, 2.05) is 60.7 Å². The average molecular weight is 669 g/mol. The number of rotatable bonds is 12. The van der Waals surface area contributed by atoms with Crippen molar-refractivity contribution in [3.63, 3.8) is 0 Å². The molecule has 11 nitrogen and oxygen atoms in total. The number of nitrogens with one attached hydrogen (secondary N) is 1. The second-order valence-corrected chi connectivity index (χ2v) is 12.0. The minimum absolute atomic E-state index is 0.0548. The summed E-state index contributed by atoms with van der Waals surface area (Å²) >= 11 is 0. The zero-order valence-electron chi connectivity index (χ0n) is 27.0. The molecule has 0 saturated carbocycles. The lowest BCUT2D eigenvalue weighted by atomic mass is 9.91. The van der Waals surface area contributed by atoms with E-state index in [4.69, 9.17) is 24.1 Å². The van der Waals surface area contributed by atoms with Crippen LogP contribution < -0.4 is 5.32 Å². The van der Waals surface area contributed by atoms with Crippen molar-refractivity contribution in [1.82, 2.24) is 10.2 Å². The van der Waals surface area contributed by atoms with Gasteiger partial charge in [-0.1, -0.05) is 72.8 Å². The molecule has 11 heteroatoms. The first kappa shape index (κ1) is 34.1. The highest BCUT2D eigenvalue weighted by atomic mass is 16.8. The lowest BCUT2D eigenvalue weighted by Gasteiger charge is -2.33. The monoisotopic (exact) mass is 668 g/mol. The summed E-state index contributed by atoms with van der Waals surface area (Å²) < 4.78 is 24.9. The third-order valence-corrected chi connectivity index (χ3v) is 8.86. The summed E-state index contributed by atoms with van der Waals surface area (Å²) in [6, 6.07) is 25.1. The molecule has 4 atom stereocenters. The number of hydrogen-bond acceptors (Lipinski definition) is 9. The highest BCUT2D eigenvalue weighted by Gasteiger charge is 2.55. The first-order valence-corrected chi connectivity index (χ1v) is 16.5. The van der Waals surface area contributed by atoms with Gasteiger partial charge >= 0.3 is 5.97 Å². The van der Waals surface area contributed by atoms with Crippen LogP contribution in [0.25, 0.3) is 6.08 Å². The number of ether oxygens (including phenoxy) is 4. The summed E-state index contributed by atoms with van der Waals surface area (Å²) in [4.78, 5) is 42.2. The Bertz CT molecular complexity index is 1620. The molecule has 49 heavy (non-hydrogen) atoms. The molecule has 3 aromatic carbocycles. The van der Waals surface area contributed by atoms with Gasteiger partial charge in [-0.25, -0.2) is 4.79 Å². The molecule has 2 heterocycles. The highest BCUT2D eigenvalue weighted by Crippen LogP contribution is 2.47. The van der Waals surface area contributed by atoms with E-state index in [0.717, 1.165) is 16.7 Å². The van der Waals surface area contributed by atoms with Crippen LogP contribution in [0.15, 0.2) is 103 Å². The normalized spacial score (nSPS) is 22.7. The lowest BCUT2D eigenvalue weighted by molar-refractivity contribution is -0.157. The second kappa shape index (κ2) is 15.6. The molecular weight excluding hydrogens is 628 g/mol. The third kappa shape index (κ3) is 7.45. The lowest BCUT2D eigenvalue weighted by Crippen LogP contribution is -2.49. The molecule has 2 fully saturated rings. The number of carbonyl (C=O) groups is 3. The Balaban J connectivity index is 1.30. The van der Waals surface area contributed by atoms with Gasteiger partial charge in [0.15, 0.2) is 0 Å². The van der Waals surface area contributed by atoms with Gasteiger partial charge in [0.2, 0.25) is 17.6 Å². The molecular formula is C38H40N2O9. The van der Waals surface area contributed by atoms with Gasteiger partial charge in [0.05, 0.1) is 25.0 Å². The number of amides is 2. The van der Waals surface area contributed by atoms with Crippen molar-refractivity contribution in [2.75, 3.05) is 32.9 Å². The SMILES string of the molecule is O=C(OC1CC(C(=O)N2CCCC2C(=O)NCCO)=CC2OC(c3ccccc3)(c3ccccc3)OC21)c1ccc(C=COCCO)cc1. The van der Waals surface area contributed by atoms with Crippen molar-refractivity contribution in [3.05, 3.63) is 125 Å². The number of hydrogen-bond donors (Lipinski definition) is 3. The number of benzene rings is 3. The van der Waals surface area contributed by atoms with Crippen LogP contribution >= 0.6 is 0 Å². The largest absolute Gasteiger partial charge is 0.499 e. The summed E-state index contributed by atoms with van der Waals surface area (Å²) in [7, 11) is 0. The van der Waals surface area contributed by atoms with E-state index in [0.29, 0.717) is 30.5 Å².